The molecule has 3 aromatic carbocycles. The van der Waals surface area contributed by atoms with Gasteiger partial charge in [0.1, 0.15) is 5.75 Å². The molecular weight excluding hydrogens is 520 g/mol. The first-order chi connectivity index (χ1) is 17.6. The van der Waals surface area contributed by atoms with Crippen LogP contribution in [0, 0.1) is 0 Å². The highest BCUT2D eigenvalue weighted by Gasteiger charge is 2.52. The second-order valence-corrected chi connectivity index (χ2v) is 9.33. The lowest BCUT2D eigenvalue weighted by molar-refractivity contribution is -0.129. The van der Waals surface area contributed by atoms with E-state index in [1.165, 1.54) is 0 Å². The molecule has 1 aliphatic rings. The molecular formula is C29H29BrN2O4. The molecule has 6 nitrogen and oxygen atoms in total. The van der Waals surface area contributed by atoms with Gasteiger partial charge in [0.2, 0.25) is 5.90 Å². The van der Waals surface area contributed by atoms with Crippen molar-refractivity contribution in [1.29, 1.82) is 0 Å². The minimum atomic E-state index is -1.23. The Hall–Kier alpha value is -3.42. The fourth-order valence-corrected chi connectivity index (χ4v) is 4.62. The van der Waals surface area contributed by atoms with Crippen molar-refractivity contribution in [2.45, 2.75) is 31.0 Å². The van der Waals surface area contributed by atoms with Gasteiger partial charge in [-0.05, 0) is 35.9 Å². The summed E-state index contributed by atoms with van der Waals surface area (Å²) in [6.07, 6.45) is 1.91. The van der Waals surface area contributed by atoms with Crippen LogP contribution in [0.5, 0.6) is 5.75 Å². The SMILES string of the molecule is C=CC[C@@]1(C(=O)NCc2ccccc2)N=C(c2ccc(OCCCO)cc2)O[C@@H]1c1ccccc1Br. The van der Waals surface area contributed by atoms with Crippen molar-refractivity contribution in [2.24, 2.45) is 4.99 Å². The van der Waals surface area contributed by atoms with Crippen LogP contribution in [0.15, 0.2) is 101 Å². The number of hydrogen-bond donors (Lipinski definition) is 2. The molecule has 0 saturated carbocycles. The summed E-state index contributed by atoms with van der Waals surface area (Å²) in [6, 6.07) is 24.8. The van der Waals surface area contributed by atoms with Gasteiger partial charge in [0.15, 0.2) is 11.6 Å². The summed E-state index contributed by atoms with van der Waals surface area (Å²) in [4.78, 5) is 18.7. The molecule has 186 valence electrons. The monoisotopic (exact) mass is 548 g/mol. The standard InChI is InChI=1S/C29H29BrN2O4/c1-2-17-29(28(34)31-20-21-9-4-3-5-10-21)26(24-11-6-7-12-25(24)30)36-27(32-29)22-13-15-23(16-14-22)35-19-8-18-33/h2-7,9-16,26,33H,1,8,17-20H2,(H,31,34)/t26-,29-/m1/s1. The van der Waals surface area contributed by atoms with Crippen molar-refractivity contribution in [1.82, 2.24) is 5.32 Å². The molecule has 0 fully saturated rings. The van der Waals surface area contributed by atoms with Crippen LogP contribution in [0.3, 0.4) is 0 Å². The third-order valence-corrected chi connectivity index (χ3v) is 6.69. The van der Waals surface area contributed by atoms with E-state index in [0.29, 0.717) is 37.6 Å². The fourth-order valence-electron chi connectivity index (χ4n) is 4.13. The Morgan fingerprint density at radius 3 is 2.53 bits per heavy atom. The van der Waals surface area contributed by atoms with E-state index in [9.17, 15) is 4.79 Å². The predicted molar refractivity (Wildman–Crippen MR) is 144 cm³/mol. The summed E-state index contributed by atoms with van der Waals surface area (Å²) in [7, 11) is 0. The highest BCUT2D eigenvalue weighted by atomic mass is 79.9. The Kier molecular flexibility index (Phi) is 8.57. The fraction of sp³-hybridized carbons (Fsp3) is 0.241. The number of aliphatic imine (C=N–C) groups is 1. The van der Waals surface area contributed by atoms with Crippen molar-refractivity contribution < 1.29 is 19.4 Å². The number of nitrogens with zero attached hydrogens (tertiary/aromatic N) is 1. The Balaban J connectivity index is 1.67. The topological polar surface area (TPSA) is 80.2 Å². The van der Waals surface area contributed by atoms with E-state index in [1.54, 1.807) is 6.08 Å². The number of hydrogen-bond acceptors (Lipinski definition) is 5. The van der Waals surface area contributed by atoms with E-state index in [4.69, 9.17) is 19.6 Å². The molecule has 36 heavy (non-hydrogen) atoms. The van der Waals surface area contributed by atoms with Crippen molar-refractivity contribution in [3.8, 4) is 5.75 Å². The number of aliphatic hydroxyl groups is 1. The molecule has 7 heteroatoms. The van der Waals surface area contributed by atoms with E-state index < -0.39 is 11.6 Å². The second kappa shape index (κ2) is 12.0. The zero-order valence-electron chi connectivity index (χ0n) is 19.9. The second-order valence-electron chi connectivity index (χ2n) is 8.47. The molecule has 4 rings (SSSR count). The molecule has 0 saturated heterocycles. The Bertz CT molecular complexity index is 1210. The number of rotatable bonds is 11. The van der Waals surface area contributed by atoms with E-state index >= 15 is 0 Å². The summed E-state index contributed by atoms with van der Waals surface area (Å²) < 4.78 is 12.9. The van der Waals surface area contributed by atoms with Crippen LogP contribution in [-0.4, -0.2) is 35.7 Å². The van der Waals surface area contributed by atoms with Crippen LogP contribution in [-0.2, 0) is 16.1 Å². The first-order valence-corrected chi connectivity index (χ1v) is 12.6. The predicted octanol–water partition coefficient (Wildman–Crippen LogP) is 5.36. The maximum absolute atomic E-state index is 13.8. The van der Waals surface area contributed by atoms with Gasteiger partial charge >= 0.3 is 0 Å². The minimum absolute atomic E-state index is 0.0802. The van der Waals surface area contributed by atoms with Gasteiger partial charge in [0.25, 0.3) is 5.91 Å². The van der Waals surface area contributed by atoms with Gasteiger partial charge in [-0.3, -0.25) is 4.79 Å². The number of ether oxygens (including phenoxy) is 2. The number of halogens is 1. The maximum atomic E-state index is 13.8. The Labute approximate surface area is 219 Å². The molecule has 1 aliphatic heterocycles. The van der Waals surface area contributed by atoms with Gasteiger partial charge in [-0.25, -0.2) is 4.99 Å². The molecule has 1 amide bonds. The van der Waals surface area contributed by atoms with Crippen LogP contribution in [0.25, 0.3) is 0 Å². The van der Waals surface area contributed by atoms with Crippen LogP contribution in [0.1, 0.15) is 35.6 Å². The summed E-state index contributed by atoms with van der Waals surface area (Å²) in [5.74, 6) is 0.839. The average molecular weight is 549 g/mol. The van der Waals surface area contributed by atoms with Crippen LogP contribution in [0.4, 0.5) is 0 Å². The number of carbonyl (C=O) groups is 1. The summed E-state index contributed by atoms with van der Waals surface area (Å²) >= 11 is 3.63. The number of nitrogens with one attached hydrogen (secondary N) is 1. The zero-order chi connectivity index (χ0) is 25.4. The quantitative estimate of drug-likeness (QED) is 0.249. The molecule has 2 atom stereocenters. The minimum Gasteiger partial charge on any atom is -0.494 e. The van der Waals surface area contributed by atoms with Gasteiger partial charge in [-0.1, -0.05) is 70.5 Å². The van der Waals surface area contributed by atoms with E-state index in [0.717, 1.165) is 21.2 Å². The Morgan fingerprint density at radius 1 is 1.11 bits per heavy atom. The van der Waals surface area contributed by atoms with Gasteiger partial charge in [-0.2, -0.15) is 0 Å². The first kappa shape index (κ1) is 25.7. The molecule has 0 bridgehead atoms. The normalized spacial score (nSPS) is 18.7. The third kappa shape index (κ3) is 5.69. The van der Waals surface area contributed by atoms with Gasteiger partial charge in [-0.15, -0.1) is 6.58 Å². The number of aliphatic hydroxyl groups excluding tert-OH is 1. The molecule has 2 N–H and O–H groups in total. The summed E-state index contributed by atoms with van der Waals surface area (Å²) in [5.41, 5.74) is 1.34. The molecule has 0 aliphatic carbocycles. The molecule has 1 heterocycles. The molecule has 3 aromatic rings. The molecule has 0 spiro atoms. The van der Waals surface area contributed by atoms with Crippen LogP contribution < -0.4 is 10.1 Å². The van der Waals surface area contributed by atoms with Gasteiger partial charge < -0.3 is 19.9 Å². The van der Waals surface area contributed by atoms with Crippen molar-refractivity contribution in [3.63, 3.8) is 0 Å². The summed E-state index contributed by atoms with van der Waals surface area (Å²) in [6.45, 7) is 4.81. The third-order valence-electron chi connectivity index (χ3n) is 5.97. The molecule has 0 unspecified atom stereocenters. The lowest BCUT2D eigenvalue weighted by Crippen LogP contribution is -2.47. The van der Waals surface area contributed by atoms with Crippen LogP contribution in [0.2, 0.25) is 0 Å². The molecule has 0 radical (unpaired) electrons. The van der Waals surface area contributed by atoms with Crippen molar-refractivity contribution >= 4 is 27.7 Å². The smallest absolute Gasteiger partial charge is 0.252 e. The van der Waals surface area contributed by atoms with Crippen molar-refractivity contribution in [3.05, 3.63) is 113 Å². The average Bonchev–Trinajstić information content (AvgIpc) is 3.29. The first-order valence-electron chi connectivity index (χ1n) is 11.9. The van der Waals surface area contributed by atoms with Crippen molar-refractivity contribution in [2.75, 3.05) is 13.2 Å². The van der Waals surface area contributed by atoms with E-state index in [2.05, 4.69) is 27.8 Å². The lowest BCUT2D eigenvalue weighted by Gasteiger charge is -2.30. The van der Waals surface area contributed by atoms with E-state index in [1.807, 2.05) is 78.9 Å². The van der Waals surface area contributed by atoms with E-state index in [-0.39, 0.29) is 12.5 Å². The van der Waals surface area contributed by atoms with Gasteiger partial charge in [0.05, 0.1) is 6.61 Å². The number of carbonyl (C=O) groups excluding carboxylic acids is 1. The highest BCUT2D eigenvalue weighted by Crippen LogP contribution is 2.44. The number of benzene rings is 3. The number of amides is 1. The zero-order valence-corrected chi connectivity index (χ0v) is 21.5. The lowest BCUT2D eigenvalue weighted by atomic mass is 9.84. The highest BCUT2D eigenvalue weighted by molar-refractivity contribution is 9.10. The molecule has 0 aromatic heterocycles. The summed E-state index contributed by atoms with van der Waals surface area (Å²) in [5, 5.41) is 12.0. The van der Waals surface area contributed by atoms with Gasteiger partial charge in [0, 0.05) is 41.6 Å². The maximum Gasteiger partial charge on any atom is 0.252 e. The van der Waals surface area contributed by atoms with Crippen LogP contribution >= 0.6 is 15.9 Å². The largest absolute Gasteiger partial charge is 0.494 e. The Morgan fingerprint density at radius 2 is 1.83 bits per heavy atom.